The molecule has 7 heteroatoms. The van der Waals surface area contributed by atoms with Crippen molar-refractivity contribution in [2.75, 3.05) is 0 Å². The molecule has 0 unspecified atom stereocenters. The van der Waals surface area contributed by atoms with Gasteiger partial charge in [-0.2, -0.15) is 0 Å². The lowest BCUT2D eigenvalue weighted by Crippen LogP contribution is -2.12. The Labute approximate surface area is 118 Å². The molecule has 0 aliphatic carbocycles. The number of nitrogens with two attached hydrogens (primary N) is 1. The van der Waals surface area contributed by atoms with Crippen molar-refractivity contribution in [1.82, 2.24) is 4.98 Å². The second-order valence-corrected chi connectivity index (χ2v) is 4.23. The second-order valence-electron chi connectivity index (χ2n) is 3.79. The Kier molecular flexibility index (Phi) is 3.86. The molecule has 102 valence electrons. The third-order valence-electron chi connectivity index (χ3n) is 2.38. The number of primary amides is 1. The van der Waals surface area contributed by atoms with Crippen LogP contribution < -0.4 is 10.5 Å². The predicted molar refractivity (Wildman–Crippen MR) is 71.2 cm³/mol. The molecule has 6 nitrogen and oxygen atoms in total. The maximum Gasteiger partial charge on any atom is 0.339 e. The van der Waals surface area contributed by atoms with Crippen LogP contribution in [0.5, 0.6) is 11.5 Å². The van der Waals surface area contributed by atoms with Crippen molar-refractivity contribution < 1.29 is 19.4 Å². The number of carbonyl (C=O) groups is 2. The summed E-state index contributed by atoms with van der Waals surface area (Å²) in [5, 5.41) is 9.37. The van der Waals surface area contributed by atoms with Gasteiger partial charge in [-0.05, 0) is 24.3 Å². The molecule has 0 bridgehead atoms. The number of carboxylic acids is 1. The lowest BCUT2D eigenvalue weighted by molar-refractivity contribution is 0.0694. The van der Waals surface area contributed by atoms with Crippen molar-refractivity contribution in [2.45, 2.75) is 0 Å². The molecule has 1 aromatic heterocycles. The number of aromatic carboxylic acids is 1. The number of carbonyl (C=O) groups excluding carboxylic acids is 1. The minimum absolute atomic E-state index is 0.0216. The monoisotopic (exact) mass is 292 g/mol. The highest BCUT2D eigenvalue weighted by atomic mass is 35.5. The van der Waals surface area contributed by atoms with E-state index < -0.39 is 11.9 Å². The van der Waals surface area contributed by atoms with Gasteiger partial charge in [0.05, 0.1) is 0 Å². The number of pyridine rings is 1. The van der Waals surface area contributed by atoms with Crippen molar-refractivity contribution in [1.29, 1.82) is 0 Å². The third-order valence-corrected chi connectivity index (χ3v) is 2.62. The van der Waals surface area contributed by atoms with E-state index >= 15 is 0 Å². The smallest absolute Gasteiger partial charge is 0.339 e. The maximum atomic E-state index is 11.1. The van der Waals surface area contributed by atoms with E-state index in [1.54, 1.807) is 0 Å². The zero-order valence-corrected chi connectivity index (χ0v) is 10.8. The highest BCUT2D eigenvalue weighted by Gasteiger charge is 2.13. The summed E-state index contributed by atoms with van der Waals surface area (Å²) in [5.41, 5.74) is 5.04. The normalized spacial score (nSPS) is 10.1. The summed E-state index contributed by atoms with van der Waals surface area (Å²) >= 11 is 5.74. The number of benzene rings is 1. The summed E-state index contributed by atoms with van der Waals surface area (Å²) in [6.07, 6.45) is 1.34. The van der Waals surface area contributed by atoms with Crippen LogP contribution in [0, 0.1) is 0 Å². The molecular formula is C13H9ClN2O4. The molecule has 0 fully saturated rings. The Hall–Kier alpha value is -2.60. The molecule has 0 spiro atoms. The fourth-order valence-electron chi connectivity index (χ4n) is 1.49. The summed E-state index contributed by atoms with van der Waals surface area (Å²) in [6, 6.07) is 7.00. The average molecular weight is 293 g/mol. The Balaban J connectivity index is 2.37. The van der Waals surface area contributed by atoms with Crippen LogP contribution in [0.4, 0.5) is 0 Å². The van der Waals surface area contributed by atoms with E-state index in [1.807, 2.05) is 0 Å². The standard InChI is InChI=1S/C13H9ClN2O4/c14-7-1-2-11(9(5-7)13(18)19)20-8-3-4-16-10(6-8)12(15)17/h1-6H,(H2,15,17)(H,18,19). The van der Waals surface area contributed by atoms with Gasteiger partial charge in [0.15, 0.2) is 0 Å². The molecule has 1 aromatic carbocycles. The lowest BCUT2D eigenvalue weighted by Gasteiger charge is -2.09. The van der Waals surface area contributed by atoms with Crippen LogP contribution in [0.25, 0.3) is 0 Å². The van der Waals surface area contributed by atoms with Gasteiger partial charge in [-0.3, -0.25) is 9.78 Å². The summed E-state index contributed by atoms with van der Waals surface area (Å²) in [6.45, 7) is 0. The number of halogens is 1. The predicted octanol–water partition coefficient (Wildman–Crippen LogP) is 2.32. The molecule has 0 aliphatic rings. The Bertz CT molecular complexity index is 688. The first-order chi connectivity index (χ1) is 9.47. The molecule has 3 N–H and O–H groups in total. The van der Waals surface area contributed by atoms with Gasteiger partial charge in [-0.15, -0.1) is 0 Å². The average Bonchev–Trinajstić information content (AvgIpc) is 2.41. The number of rotatable bonds is 4. The van der Waals surface area contributed by atoms with Gasteiger partial charge in [0.1, 0.15) is 22.8 Å². The Morgan fingerprint density at radius 3 is 2.65 bits per heavy atom. The minimum atomic E-state index is -1.17. The van der Waals surface area contributed by atoms with Crippen molar-refractivity contribution in [3.8, 4) is 11.5 Å². The summed E-state index contributed by atoms with van der Waals surface area (Å²) in [7, 11) is 0. The van der Waals surface area contributed by atoms with E-state index in [4.69, 9.17) is 27.2 Å². The van der Waals surface area contributed by atoms with Gasteiger partial charge in [0, 0.05) is 17.3 Å². The number of aromatic nitrogens is 1. The lowest BCUT2D eigenvalue weighted by atomic mass is 10.2. The Morgan fingerprint density at radius 1 is 1.25 bits per heavy atom. The Morgan fingerprint density at radius 2 is 2.00 bits per heavy atom. The van der Waals surface area contributed by atoms with Gasteiger partial charge < -0.3 is 15.6 Å². The van der Waals surface area contributed by atoms with Crippen LogP contribution >= 0.6 is 11.6 Å². The van der Waals surface area contributed by atoms with Crippen LogP contribution in [0.2, 0.25) is 5.02 Å². The first kappa shape index (κ1) is 13.8. The number of carboxylic acid groups (broad SMARTS) is 1. The molecule has 0 saturated carbocycles. The SMILES string of the molecule is NC(=O)c1cc(Oc2ccc(Cl)cc2C(=O)O)ccn1. The summed E-state index contributed by atoms with van der Waals surface area (Å²) in [5.74, 6) is -1.53. The first-order valence-electron chi connectivity index (χ1n) is 5.44. The quantitative estimate of drug-likeness (QED) is 0.900. The zero-order valence-electron chi connectivity index (χ0n) is 10.0. The van der Waals surface area contributed by atoms with Gasteiger partial charge in [0.2, 0.25) is 0 Å². The van der Waals surface area contributed by atoms with E-state index in [1.165, 1.54) is 36.5 Å². The molecule has 0 aliphatic heterocycles. The zero-order chi connectivity index (χ0) is 14.7. The topological polar surface area (TPSA) is 103 Å². The first-order valence-corrected chi connectivity index (χ1v) is 5.81. The van der Waals surface area contributed by atoms with Crippen LogP contribution in [0.15, 0.2) is 36.5 Å². The fourth-order valence-corrected chi connectivity index (χ4v) is 1.67. The molecule has 0 radical (unpaired) electrons. The van der Waals surface area contributed by atoms with E-state index in [-0.39, 0.29) is 27.8 Å². The number of hydrogen-bond acceptors (Lipinski definition) is 4. The molecular weight excluding hydrogens is 284 g/mol. The van der Waals surface area contributed by atoms with Gasteiger partial charge in [-0.1, -0.05) is 11.6 Å². The van der Waals surface area contributed by atoms with Gasteiger partial charge >= 0.3 is 5.97 Å². The van der Waals surface area contributed by atoms with E-state index in [9.17, 15) is 9.59 Å². The fraction of sp³-hybridized carbons (Fsp3) is 0. The van der Waals surface area contributed by atoms with E-state index in [0.717, 1.165) is 0 Å². The van der Waals surface area contributed by atoms with Gasteiger partial charge in [0.25, 0.3) is 5.91 Å². The molecule has 0 saturated heterocycles. The highest BCUT2D eigenvalue weighted by molar-refractivity contribution is 6.31. The van der Waals surface area contributed by atoms with Crippen molar-refractivity contribution in [3.63, 3.8) is 0 Å². The van der Waals surface area contributed by atoms with Crippen molar-refractivity contribution >= 4 is 23.5 Å². The molecule has 1 amide bonds. The molecule has 2 rings (SSSR count). The number of nitrogens with zero attached hydrogens (tertiary/aromatic N) is 1. The maximum absolute atomic E-state index is 11.1. The van der Waals surface area contributed by atoms with Crippen LogP contribution in [0.1, 0.15) is 20.8 Å². The van der Waals surface area contributed by atoms with E-state index in [2.05, 4.69) is 4.98 Å². The van der Waals surface area contributed by atoms with Gasteiger partial charge in [-0.25, -0.2) is 4.79 Å². The minimum Gasteiger partial charge on any atom is -0.478 e. The third kappa shape index (κ3) is 3.04. The van der Waals surface area contributed by atoms with E-state index in [0.29, 0.717) is 0 Å². The highest BCUT2D eigenvalue weighted by Crippen LogP contribution is 2.28. The molecule has 20 heavy (non-hydrogen) atoms. The second kappa shape index (κ2) is 5.58. The summed E-state index contributed by atoms with van der Waals surface area (Å²) < 4.78 is 5.43. The van der Waals surface area contributed by atoms with Crippen LogP contribution in [-0.4, -0.2) is 22.0 Å². The number of amides is 1. The van der Waals surface area contributed by atoms with Crippen molar-refractivity contribution in [2.24, 2.45) is 5.73 Å². The van der Waals surface area contributed by atoms with Crippen molar-refractivity contribution in [3.05, 3.63) is 52.8 Å². The van der Waals surface area contributed by atoms with Crippen LogP contribution in [-0.2, 0) is 0 Å². The number of hydrogen-bond donors (Lipinski definition) is 2. The largest absolute Gasteiger partial charge is 0.478 e. The summed E-state index contributed by atoms with van der Waals surface area (Å²) in [4.78, 5) is 25.9. The molecule has 1 heterocycles. The molecule has 2 aromatic rings. The van der Waals surface area contributed by atoms with Crippen LogP contribution in [0.3, 0.4) is 0 Å². The number of ether oxygens (including phenoxy) is 1. The molecule has 0 atom stereocenters.